The van der Waals surface area contributed by atoms with E-state index in [0.29, 0.717) is 16.6 Å². The van der Waals surface area contributed by atoms with Crippen LogP contribution >= 0.6 is 11.3 Å². The molecule has 0 aliphatic carbocycles. The highest BCUT2D eigenvalue weighted by atomic mass is 32.1. The molecule has 21 heavy (non-hydrogen) atoms. The molecule has 1 aliphatic rings. The van der Waals surface area contributed by atoms with Crippen molar-refractivity contribution in [1.29, 1.82) is 0 Å². The summed E-state index contributed by atoms with van der Waals surface area (Å²) in [6, 6.07) is 4.20. The molecule has 0 radical (unpaired) electrons. The molecule has 1 atom stereocenters. The zero-order valence-corrected chi connectivity index (χ0v) is 13.2. The molecule has 1 amide bonds. The molecule has 0 bridgehead atoms. The molecule has 1 fully saturated rings. The fourth-order valence-corrected chi connectivity index (χ4v) is 4.14. The number of thiophene rings is 1. The van der Waals surface area contributed by atoms with Gasteiger partial charge in [-0.25, -0.2) is 0 Å². The molecule has 3 rings (SSSR count). The van der Waals surface area contributed by atoms with Crippen molar-refractivity contribution in [2.75, 3.05) is 12.3 Å². The number of rotatable bonds is 2. The van der Waals surface area contributed by atoms with Crippen molar-refractivity contribution in [2.45, 2.75) is 45.1 Å². The first-order valence-electron chi connectivity index (χ1n) is 7.66. The second-order valence-corrected chi connectivity index (χ2v) is 6.66. The maximum Gasteiger partial charge on any atom is 0.266 e. The van der Waals surface area contributed by atoms with Gasteiger partial charge in [-0.1, -0.05) is 19.8 Å². The third-order valence-corrected chi connectivity index (χ3v) is 5.43. The first-order chi connectivity index (χ1) is 10.2. The predicted octanol–water partition coefficient (Wildman–Crippen LogP) is 3.67. The molecule has 0 saturated carbocycles. The number of hydrogen-bond acceptors (Lipinski definition) is 4. The number of aromatic nitrogens is 1. The van der Waals surface area contributed by atoms with Gasteiger partial charge in [-0.2, -0.15) is 0 Å². The lowest BCUT2D eigenvalue weighted by atomic mass is 10.1. The van der Waals surface area contributed by atoms with E-state index in [1.807, 2.05) is 17.0 Å². The van der Waals surface area contributed by atoms with Gasteiger partial charge in [0, 0.05) is 18.8 Å². The van der Waals surface area contributed by atoms with Crippen LogP contribution in [0.3, 0.4) is 0 Å². The minimum atomic E-state index is 0.0873. The van der Waals surface area contributed by atoms with Gasteiger partial charge >= 0.3 is 0 Å². The Morgan fingerprint density at radius 3 is 3.10 bits per heavy atom. The van der Waals surface area contributed by atoms with Crippen LogP contribution in [0.15, 0.2) is 18.3 Å². The number of amides is 1. The van der Waals surface area contributed by atoms with Gasteiger partial charge in [-0.15, -0.1) is 11.3 Å². The van der Waals surface area contributed by atoms with Gasteiger partial charge in [0.25, 0.3) is 5.91 Å². The summed E-state index contributed by atoms with van der Waals surface area (Å²) in [5, 5.41) is 0. The molecule has 4 nitrogen and oxygen atoms in total. The van der Waals surface area contributed by atoms with E-state index < -0.39 is 0 Å². The number of nitrogens with zero attached hydrogens (tertiary/aromatic N) is 2. The number of carbonyl (C=O) groups excluding carboxylic acids is 1. The highest BCUT2D eigenvalue weighted by Gasteiger charge is 2.28. The zero-order chi connectivity index (χ0) is 14.8. The van der Waals surface area contributed by atoms with E-state index in [9.17, 15) is 4.79 Å². The molecule has 3 heterocycles. The van der Waals surface area contributed by atoms with Gasteiger partial charge in [0.1, 0.15) is 10.4 Å². The number of likely N-dealkylation sites (tertiary alicyclic amines) is 1. The van der Waals surface area contributed by atoms with E-state index >= 15 is 0 Å². The lowest BCUT2D eigenvalue weighted by Crippen LogP contribution is -2.39. The Morgan fingerprint density at radius 2 is 2.33 bits per heavy atom. The zero-order valence-electron chi connectivity index (χ0n) is 12.3. The maximum atomic E-state index is 12.9. The molecule has 0 spiro atoms. The van der Waals surface area contributed by atoms with Crippen molar-refractivity contribution in [3.8, 4) is 0 Å². The first kappa shape index (κ1) is 14.3. The highest BCUT2D eigenvalue weighted by molar-refractivity contribution is 7.21. The molecule has 2 aromatic heterocycles. The Kier molecular flexibility index (Phi) is 4.10. The number of nitrogen functional groups attached to an aromatic ring is 1. The van der Waals surface area contributed by atoms with Gasteiger partial charge in [0.05, 0.1) is 10.4 Å². The van der Waals surface area contributed by atoms with E-state index in [0.717, 1.165) is 36.0 Å². The largest absolute Gasteiger partial charge is 0.396 e. The fourth-order valence-electron chi connectivity index (χ4n) is 3.11. The van der Waals surface area contributed by atoms with Crippen LogP contribution in [-0.4, -0.2) is 28.4 Å². The number of carbonyl (C=O) groups is 1. The van der Waals surface area contributed by atoms with Crippen LogP contribution in [0, 0.1) is 0 Å². The molecule has 112 valence electrons. The van der Waals surface area contributed by atoms with Gasteiger partial charge in [0.2, 0.25) is 0 Å². The van der Waals surface area contributed by atoms with E-state index in [-0.39, 0.29) is 5.91 Å². The normalized spacial score (nSPS) is 19.7. The van der Waals surface area contributed by atoms with Gasteiger partial charge in [0.15, 0.2) is 0 Å². The SMILES string of the molecule is CCC1CCCCCN1C(=O)c1sc2cccnc2c1N. The summed E-state index contributed by atoms with van der Waals surface area (Å²) in [5.41, 5.74) is 7.47. The average molecular weight is 303 g/mol. The quantitative estimate of drug-likeness (QED) is 0.920. The average Bonchev–Trinajstić information content (AvgIpc) is 2.71. The minimum Gasteiger partial charge on any atom is -0.396 e. The summed E-state index contributed by atoms with van der Waals surface area (Å²) >= 11 is 1.47. The molecule has 2 N–H and O–H groups in total. The van der Waals surface area contributed by atoms with Gasteiger partial charge < -0.3 is 10.6 Å². The molecule has 1 aliphatic heterocycles. The predicted molar refractivity (Wildman–Crippen MR) is 87.6 cm³/mol. The molecule has 2 aromatic rings. The lowest BCUT2D eigenvalue weighted by Gasteiger charge is -2.29. The lowest BCUT2D eigenvalue weighted by molar-refractivity contribution is 0.0684. The van der Waals surface area contributed by atoms with Crippen molar-refractivity contribution >= 4 is 33.1 Å². The Bertz CT molecular complexity index is 652. The standard InChI is InChI=1S/C16H21N3OS/c1-2-11-7-4-3-5-10-19(11)16(20)15-13(17)14-12(21-15)8-6-9-18-14/h6,8-9,11H,2-5,7,10,17H2,1H3. The maximum absolute atomic E-state index is 12.9. The Balaban J connectivity index is 1.96. The van der Waals surface area contributed by atoms with Crippen LogP contribution in [0.1, 0.15) is 48.7 Å². The van der Waals surface area contributed by atoms with Crippen LogP contribution in [0.4, 0.5) is 5.69 Å². The monoisotopic (exact) mass is 303 g/mol. The van der Waals surface area contributed by atoms with Crippen molar-refractivity contribution < 1.29 is 4.79 Å². The first-order valence-corrected chi connectivity index (χ1v) is 8.48. The topological polar surface area (TPSA) is 59.2 Å². The van der Waals surface area contributed by atoms with Crippen molar-refractivity contribution in [1.82, 2.24) is 9.88 Å². The number of fused-ring (bicyclic) bond motifs is 1. The van der Waals surface area contributed by atoms with E-state index in [2.05, 4.69) is 11.9 Å². The number of hydrogen-bond donors (Lipinski definition) is 1. The number of nitrogens with two attached hydrogens (primary N) is 1. The molecule has 1 unspecified atom stereocenters. The van der Waals surface area contributed by atoms with E-state index in [1.165, 1.54) is 24.2 Å². The summed E-state index contributed by atoms with van der Waals surface area (Å²) in [4.78, 5) is 19.9. The van der Waals surface area contributed by atoms with Crippen LogP contribution in [-0.2, 0) is 0 Å². The van der Waals surface area contributed by atoms with E-state index in [4.69, 9.17) is 5.73 Å². The molecule has 5 heteroatoms. The van der Waals surface area contributed by atoms with Crippen molar-refractivity contribution in [3.63, 3.8) is 0 Å². The fraction of sp³-hybridized carbons (Fsp3) is 0.500. The van der Waals surface area contributed by atoms with Crippen LogP contribution in [0.5, 0.6) is 0 Å². The number of anilines is 1. The summed E-state index contributed by atoms with van der Waals surface area (Å²) in [6.45, 7) is 3.00. The summed E-state index contributed by atoms with van der Waals surface area (Å²) in [5.74, 6) is 0.0873. The van der Waals surface area contributed by atoms with Crippen molar-refractivity contribution in [2.24, 2.45) is 0 Å². The Hall–Kier alpha value is -1.62. The second-order valence-electron chi connectivity index (χ2n) is 5.60. The smallest absolute Gasteiger partial charge is 0.266 e. The molecule has 1 saturated heterocycles. The van der Waals surface area contributed by atoms with Crippen LogP contribution < -0.4 is 5.73 Å². The molecular formula is C16H21N3OS. The van der Waals surface area contributed by atoms with Gasteiger partial charge in [-0.05, 0) is 31.4 Å². The van der Waals surface area contributed by atoms with Crippen LogP contribution in [0.2, 0.25) is 0 Å². The highest BCUT2D eigenvalue weighted by Crippen LogP contribution is 2.34. The molecular weight excluding hydrogens is 282 g/mol. The second kappa shape index (κ2) is 6.02. The number of pyridine rings is 1. The third kappa shape index (κ3) is 2.62. The Labute approximate surface area is 129 Å². The third-order valence-electron chi connectivity index (χ3n) is 4.29. The molecule has 0 aromatic carbocycles. The summed E-state index contributed by atoms with van der Waals surface area (Å²) < 4.78 is 0.987. The summed E-state index contributed by atoms with van der Waals surface area (Å²) in [7, 11) is 0. The van der Waals surface area contributed by atoms with Crippen LogP contribution in [0.25, 0.3) is 10.2 Å². The minimum absolute atomic E-state index is 0.0873. The Morgan fingerprint density at radius 1 is 1.48 bits per heavy atom. The van der Waals surface area contributed by atoms with E-state index in [1.54, 1.807) is 6.20 Å². The van der Waals surface area contributed by atoms with Crippen molar-refractivity contribution in [3.05, 3.63) is 23.2 Å². The summed E-state index contributed by atoms with van der Waals surface area (Å²) in [6.07, 6.45) is 7.35. The van der Waals surface area contributed by atoms with Gasteiger partial charge in [-0.3, -0.25) is 9.78 Å².